The molecule has 1 heterocycles. The molecule has 0 radical (unpaired) electrons. The zero-order chi connectivity index (χ0) is 7.56. The molecule has 11 heavy (non-hydrogen) atoms. The lowest BCUT2D eigenvalue weighted by Crippen LogP contribution is -1.94. The van der Waals surface area contributed by atoms with Crippen LogP contribution in [0, 0.1) is 0 Å². The molecule has 0 atom stereocenters. The van der Waals surface area contributed by atoms with E-state index in [0.29, 0.717) is 9.90 Å². The van der Waals surface area contributed by atoms with Crippen molar-refractivity contribution in [3.05, 3.63) is 21.3 Å². The monoisotopic (exact) mass is 192 g/mol. The lowest BCUT2D eigenvalue weighted by atomic mass is 10.3. The molecular formula is C6H5ClO3S. The van der Waals surface area contributed by atoms with Gasteiger partial charge in [0, 0.05) is 5.38 Å². The summed E-state index contributed by atoms with van der Waals surface area (Å²) in [5.41, 5.74) is 0. The summed E-state index contributed by atoms with van der Waals surface area (Å²) >= 11 is 6.67. The summed E-state index contributed by atoms with van der Waals surface area (Å²) in [4.78, 5) is 20.9. The number of carbonyl (C=O) groups excluding carboxylic acids is 2. The number of thiophene rings is 1. The van der Waals surface area contributed by atoms with E-state index in [2.05, 4.69) is 0 Å². The Kier molecular flexibility index (Phi) is 3.95. The van der Waals surface area contributed by atoms with Crippen LogP contribution in [0.4, 0.5) is 0 Å². The maximum Gasteiger partial charge on any atom is 0.235 e. The molecular weight excluding hydrogens is 188 g/mol. The first-order valence-electron chi connectivity index (χ1n) is 2.47. The summed E-state index contributed by atoms with van der Waals surface area (Å²) in [5.74, 6) is -0.517. The van der Waals surface area contributed by atoms with Gasteiger partial charge in [0.25, 0.3) is 0 Å². The molecule has 3 nitrogen and oxygen atoms in total. The molecule has 0 fully saturated rings. The van der Waals surface area contributed by atoms with Gasteiger partial charge in [-0.25, -0.2) is 0 Å². The minimum absolute atomic E-state index is 0. The smallest absolute Gasteiger partial charge is 0.235 e. The zero-order valence-electron chi connectivity index (χ0n) is 5.33. The zero-order valence-corrected chi connectivity index (χ0v) is 6.91. The molecule has 0 saturated carbocycles. The van der Waals surface area contributed by atoms with Gasteiger partial charge in [0.2, 0.25) is 5.78 Å². The van der Waals surface area contributed by atoms with E-state index >= 15 is 0 Å². The number of ketones is 1. The molecule has 1 aromatic heterocycles. The Hall–Kier alpha value is -0.710. The normalized spacial score (nSPS) is 8.45. The van der Waals surface area contributed by atoms with Crippen LogP contribution in [-0.4, -0.2) is 17.5 Å². The highest BCUT2D eigenvalue weighted by Crippen LogP contribution is 2.18. The number of Topliss-reactive ketones (excluding diaryl/α,β-unsaturated/α-hetero) is 1. The van der Waals surface area contributed by atoms with Gasteiger partial charge in [-0.05, 0) is 6.07 Å². The molecule has 0 saturated heterocycles. The molecule has 1 aromatic rings. The summed E-state index contributed by atoms with van der Waals surface area (Å²) in [7, 11) is 0. The number of hydrogen-bond acceptors (Lipinski definition) is 3. The Morgan fingerprint density at radius 1 is 1.64 bits per heavy atom. The van der Waals surface area contributed by atoms with E-state index < -0.39 is 5.78 Å². The SMILES string of the molecule is O.O=CC(=O)c1cc(Cl)cs1. The molecule has 0 unspecified atom stereocenters. The largest absolute Gasteiger partial charge is 0.412 e. The van der Waals surface area contributed by atoms with Gasteiger partial charge in [-0.2, -0.15) is 0 Å². The Bertz CT molecular complexity index is 269. The number of carbonyl (C=O) groups is 2. The van der Waals surface area contributed by atoms with E-state index in [4.69, 9.17) is 11.6 Å². The van der Waals surface area contributed by atoms with E-state index in [1.807, 2.05) is 0 Å². The Morgan fingerprint density at radius 2 is 2.27 bits per heavy atom. The summed E-state index contributed by atoms with van der Waals surface area (Å²) in [6.45, 7) is 0. The molecule has 5 heteroatoms. The fourth-order valence-corrected chi connectivity index (χ4v) is 1.47. The third-order valence-electron chi connectivity index (χ3n) is 0.917. The standard InChI is InChI=1S/C6H3ClO2S.H2O/c7-4-1-6(10-3-4)5(9)2-8;/h1-3H;1H2. The van der Waals surface area contributed by atoms with Crippen LogP contribution in [0.1, 0.15) is 9.67 Å². The minimum atomic E-state index is -0.517. The van der Waals surface area contributed by atoms with Crippen molar-refractivity contribution in [2.24, 2.45) is 0 Å². The molecule has 0 aliphatic carbocycles. The van der Waals surface area contributed by atoms with Crippen LogP contribution >= 0.6 is 22.9 Å². The van der Waals surface area contributed by atoms with Crippen molar-refractivity contribution in [1.29, 1.82) is 0 Å². The summed E-state index contributed by atoms with van der Waals surface area (Å²) in [6, 6.07) is 1.48. The van der Waals surface area contributed by atoms with Crippen molar-refractivity contribution >= 4 is 35.0 Å². The maximum absolute atomic E-state index is 10.6. The van der Waals surface area contributed by atoms with Crippen LogP contribution in [0.2, 0.25) is 5.02 Å². The highest BCUT2D eigenvalue weighted by atomic mass is 35.5. The summed E-state index contributed by atoms with van der Waals surface area (Å²) in [6.07, 6.45) is 0.280. The molecule has 0 aliphatic rings. The number of rotatable bonds is 2. The Balaban J connectivity index is 0.000001000. The quantitative estimate of drug-likeness (QED) is 0.398. The minimum Gasteiger partial charge on any atom is -0.412 e. The molecule has 0 amide bonds. The Labute approximate surface area is 71.9 Å². The van der Waals surface area contributed by atoms with E-state index in [-0.39, 0.29) is 11.8 Å². The van der Waals surface area contributed by atoms with Crippen molar-refractivity contribution in [3.8, 4) is 0 Å². The molecule has 0 spiro atoms. The van der Waals surface area contributed by atoms with Crippen LogP contribution in [0.25, 0.3) is 0 Å². The lowest BCUT2D eigenvalue weighted by Gasteiger charge is -1.79. The lowest BCUT2D eigenvalue weighted by molar-refractivity contribution is -0.104. The maximum atomic E-state index is 10.6. The van der Waals surface area contributed by atoms with Crippen LogP contribution < -0.4 is 0 Å². The Morgan fingerprint density at radius 3 is 2.64 bits per heavy atom. The highest BCUT2D eigenvalue weighted by molar-refractivity contribution is 7.13. The van der Waals surface area contributed by atoms with Gasteiger partial charge in [0.05, 0.1) is 9.90 Å². The van der Waals surface area contributed by atoms with Gasteiger partial charge in [-0.3, -0.25) is 9.59 Å². The van der Waals surface area contributed by atoms with Gasteiger partial charge in [0.15, 0.2) is 6.29 Å². The van der Waals surface area contributed by atoms with Crippen molar-refractivity contribution < 1.29 is 15.1 Å². The summed E-state index contributed by atoms with van der Waals surface area (Å²) < 4.78 is 0. The fourth-order valence-electron chi connectivity index (χ4n) is 0.500. The molecule has 0 bridgehead atoms. The first kappa shape index (κ1) is 10.3. The third-order valence-corrected chi connectivity index (χ3v) is 2.21. The van der Waals surface area contributed by atoms with Crippen LogP contribution in [0.15, 0.2) is 11.4 Å². The van der Waals surface area contributed by atoms with E-state index in [1.165, 1.54) is 17.4 Å². The molecule has 0 aliphatic heterocycles. The number of hydrogen-bond donors (Lipinski definition) is 0. The van der Waals surface area contributed by atoms with Crippen LogP contribution in [-0.2, 0) is 4.79 Å². The fraction of sp³-hybridized carbons (Fsp3) is 0. The first-order valence-corrected chi connectivity index (χ1v) is 3.73. The first-order chi connectivity index (χ1) is 4.74. The second-order valence-corrected chi connectivity index (χ2v) is 2.96. The predicted octanol–water partition coefficient (Wildman–Crippen LogP) is 0.958. The van der Waals surface area contributed by atoms with E-state index in [1.54, 1.807) is 5.38 Å². The van der Waals surface area contributed by atoms with Crippen LogP contribution in [0.3, 0.4) is 0 Å². The summed E-state index contributed by atoms with van der Waals surface area (Å²) in [5, 5.41) is 2.10. The van der Waals surface area contributed by atoms with Crippen molar-refractivity contribution in [2.75, 3.05) is 0 Å². The average molecular weight is 193 g/mol. The van der Waals surface area contributed by atoms with Gasteiger partial charge in [0.1, 0.15) is 0 Å². The third kappa shape index (κ3) is 2.42. The molecule has 2 N–H and O–H groups in total. The van der Waals surface area contributed by atoms with Gasteiger partial charge in [-0.15, -0.1) is 11.3 Å². The molecule has 1 rings (SSSR count). The van der Waals surface area contributed by atoms with Crippen LogP contribution in [0.5, 0.6) is 0 Å². The van der Waals surface area contributed by atoms with Gasteiger partial charge >= 0.3 is 0 Å². The van der Waals surface area contributed by atoms with Gasteiger partial charge in [-0.1, -0.05) is 11.6 Å². The topological polar surface area (TPSA) is 65.6 Å². The molecule has 60 valence electrons. The second-order valence-electron chi connectivity index (χ2n) is 1.61. The average Bonchev–Trinajstić information content (AvgIpc) is 2.34. The second kappa shape index (κ2) is 4.23. The van der Waals surface area contributed by atoms with Crippen molar-refractivity contribution in [1.82, 2.24) is 0 Å². The van der Waals surface area contributed by atoms with E-state index in [0.717, 1.165) is 0 Å². The van der Waals surface area contributed by atoms with E-state index in [9.17, 15) is 9.59 Å². The number of halogens is 1. The predicted molar refractivity (Wildman–Crippen MR) is 43.3 cm³/mol. The van der Waals surface area contributed by atoms with Crippen molar-refractivity contribution in [3.63, 3.8) is 0 Å². The highest BCUT2D eigenvalue weighted by Gasteiger charge is 2.05. The van der Waals surface area contributed by atoms with Crippen molar-refractivity contribution in [2.45, 2.75) is 0 Å². The number of aldehydes is 1. The van der Waals surface area contributed by atoms with Gasteiger partial charge < -0.3 is 5.48 Å². The molecule has 0 aromatic carbocycles.